The van der Waals surface area contributed by atoms with Crippen LogP contribution >= 0.6 is 11.6 Å². The van der Waals surface area contributed by atoms with Crippen molar-refractivity contribution < 1.29 is 19.1 Å². The molecule has 2 amide bonds. The molecule has 3 aromatic carbocycles. The number of nitrogens with zero attached hydrogens (tertiary/aromatic N) is 1. The summed E-state index contributed by atoms with van der Waals surface area (Å²) in [6, 6.07) is 23.2. The highest BCUT2D eigenvalue weighted by Crippen LogP contribution is 2.23. The van der Waals surface area contributed by atoms with Crippen LogP contribution in [0.25, 0.3) is 0 Å². The number of hydrogen-bond donors (Lipinski definition) is 1. The summed E-state index contributed by atoms with van der Waals surface area (Å²) in [5.41, 5.74) is 2.07. The average molecular weight is 463 g/mol. The van der Waals surface area contributed by atoms with E-state index < -0.39 is 11.9 Å². The van der Waals surface area contributed by atoms with Gasteiger partial charge < -0.3 is 15.0 Å². The van der Waals surface area contributed by atoms with Crippen molar-refractivity contribution in [2.75, 3.05) is 18.4 Å². The largest absolute Gasteiger partial charge is 0.426 e. The van der Waals surface area contributed by atoms with E-state index in [1.54, 1.807) is 53.4 Å². The molecule has 1 aliphatic rings. The quantitative estimate of drug-likeness (QED) is 0.411. The normalized spacial score (nSPS) is 15.4. The van der Waals surface area contributed by atoms with Gasteiger partial charge in [-0.25, -0.2) is 0 Å². The van der Waals surface area contributed by atoms with Crippen LogP contribution in [0.5, 0.6) is 5.75 Å². The first-order valence-corrected chi connectivity index (χ1v) is 11.1. The number of carbonyl (C=O) groups excluding carboxylic acids is 3. The van der Waals surface area contributed by atoms with Gasteiger partial charge in [-0.15, -0.1) is 0 Å². The predicted molar refractivity (Wildman–Crippen MR) is 126 cm³/mol. The van der Waals surface area contributed by atoms with Crippen molar-refractivity contribution in [2.45, 2.75) is 12.8 Å². The third kappa shape index (κ3) is 5.79. The van der Waals surface area contributed by atoms with Gasteiger partial charge in [0.05, 0.1) is 16.5 Å². The number of ether oxygens (including phenoxy) is 1. The highest BCUT2D eigenvalue weighted by Gasteiger charge is 2.35. The van der Waals surface area contributed by atoms with Gasteiger partial charge in [0.2, 0.25) is 5.91 Å². The molecule has 0 saturated carbocycles. The van der Waals surface area contributed by atoms with E-state index in [0.717, 1.165) is 12.0 Å². The van der Waals surface area contributed by atoms with E-state index in [0.29, 0.717) is 35.1 Å². The minimum atomic E-state index is -0.493. The molecule has 1 atom stereocenters. The zero-order valence-corrected chi connectivity index (χ0v) is 18.6. The molecule has 3 aromatic rings. The first kappa shape index (κ1) is 22.6. The van der Waals surface area contributed by atoms with Crippen LogP contribution in [0.4, 0.5) is 5.69 Å². The smallest absolute Gasteiger partial charge is 0.316 e. The zero-order chi connectivity index (χ0) is 23.2. The Labute approximate surface area is 197 Å². The monoisotopic (exact) mass is 462 g/mol. The molecule has 1 saturated heterocycles. The van der Waals surface area contributed by atoms with Crippen LogP contribution in [-0.4, -0.2) is 35.8 Å². The molecule has 7 heteroatoms. The van der Waals surface area contributed by atoms with E-state index in [1.807, 2.05) is 30.3 Å². The van der Waals surface area contributed by atoms with Gasteiger partial charge in [-0.1, -0.05) is 54.1 Å². The Kier molecular flexibility index (Phi) is 7.05. The molecule has 1 N–H and O–H groups in total. The number of amides is 2. The van der Waals surface area contributed by atoms with Crippen LogP contribution in [0.3, 0.4) is 0 Å². The van der Waals surface area contributed by atoms with Crippen molar-refractivity contribution in [3.05, 3.63) is 95.0 Å². The van der Waals surface area contributed by atoms with E-state index in [1.165, 1.54) is 0 Å². The first-order valence-electron chi connectivity index (χ1n) is 10.7. The maximum atomic E-state index is 12.6. The Bertz CT molecular complexity index is 1150. The number of likely N-dealkylation sites (tertiary alicyclic amines) is 1. The summed E-state index contributed by atoms with van der Waals surface area (Å²) in [5, 5.41) is 3.12. The highest BCUT2D eigenvalue weighted by molar-refractivity contribution is 6.34. The Morgan fingerprint density at radius 1 is 0.970 bits per heavy atom. The predicted octanol–water partition coefficient (Wildman–Crippen LogP) is 4.59. The third-order valence-corrected chi connectivity index (χ3v) is 5.84. The molecule has 4 rings (SSSR count). The third-order valence-electron chi connectivity index (χ3n) is 5.51. The SMILES string of the molecule is O=C(Nc1ccc(OC(=O)C2CC(=O)N(CCc3ccccc3)C2)cc1)c1ccccc1Cl. The molecule has 0 spiro atoms. The van der Waals surface area contributed by atoms with Crippen molar-refractivity contribution in [3.8, 4) is 5.75 Å². The number of nitrogens with one attached hydrogen (secondary N) is 1. The summed E-state index contributed by atoms with van der Waals surface area (Å²) in [5.74, 6) is -0.937. The summed E-state index contributed by atoms with van der Waals surface area (Å²) in [6.45, 7) is 0.933. The minimum Gasteiger partial charge on any atom is -0.426 e. The molecule has 0 aromatic heterocycles. The molecule has 1 heterocycles. The number of benzene rings is 3. The van der Waals surface area contributed by atoms with Gasteiger partial charge in [-0.3, -0.25) is 14.4 Å². The van der Waals surface area contributed by atoms with E-state index in [4.69, 9.17) is 16.3 Å². The summed E-state index contributed by atoms with van der Waals surface area (Å²) >= 11 is 6.06. The Morgan fingerprint density at radius 2 is 1.67 bits per heavy atom. The number of hydrogen-bond acceptors (Lipinski definition) is 4. The second-order valence-corrected chi connectivity index (χ2v) is 8.26. The molecular formula is C26H23ClN2O4. The first-order chi connectivity index (χ1) is 16.0. The van der Waals surface area contributed by atoms with Crippen LogP contribution in [0.2, 0.25) is 5.02 Å². The fourth-order valence-corrected chi connectivity index (χ4v) is 3.93. The molecular weight excluding hydrogens is 440 g/mol. The maximum absolute atomic E-state index is 12.6. The minimum absolute atomic E-state index is 0.0366. The lowest BCUT2D eigenvalue weighted by Gasteiger charge is -2.16. The molecule has 1 unspecified atom stereocenters. The molecule has 1 fully saturated rings. The fourth-order valence-electron chi connectivity index (χ4n) is 3.70. The molecule has 0 aliphatic carbocycles. The van der Waals surface area contributed by atoms with E-state index in [-0.39, 0.29) is 18.2 Å². The van der Waals surface area contributed by atoms with Gasteiger partial charge in [0.1, 0.15) is 5.75 Å². The molecule has 0 radical (unpaired) electrons. The van der Waals surface area contributed by atoms with E-state index in [2.05, 4.69) is 5.32 Å². The molecule has 6 nitrogen and oxygen atoms in total. The average Bonchev–Trinajstić information content (AvgIpc) is 3.20. The Hall–Kier alpha value is -3.64. The topological polar surface area (TPSA) is 75.7 Å². The van der Waals surface area contributed by atoms with Gasteiger partial charge in [-0.2, -0.15) is 0 Å². The molecule has 0 bridgehead atoms. The van der Waals surface area contributed by atoms with Crippen LogP contribution in [-0.2, 0) is 16.0 Å². The van der Waals surface area contributed by atoms with Crippen molar-refractivity contribution >= 4 is 35.1 Å². The van der Waals surface area contributed by atoms with Crippen LogP contribution in [0, 0.1) is 5.92 Å². The maximum Gasteiger partial charge on any atom is 0.316 e. The number of rotatable bonds is 7. The van der Waals surface area contributed by atoms with E-state index in [9.17, 15) is 14.4 Å². The van der Waals surface area contributed by atoms with Gasteiger partial charge in [0.25, 0.3) is 5.91 Å². The van der Waals surface area contributed by atoms with Crippen molar-refractivity contribution in [3.63, 3.8) is 0 Å². The lowest BCUT2D eigenvalue weighted by Crippen LogP contribution is -2.29. The standard InChI is InChI=1S/C26H23ClN2O4/c27-23-9-5-4-8-22(23)25(31)28-20-10-12-21(13-11-20)33-26(32)19-16-24(30)29(17-19)15-14-18-6-2-1-3-7-18/h1-13,19H,14-17H2,(H,28,31). The fraction of sp³-hybridized carbons (Fsp3) is 0.192. The van der Waals surface area contributed by atoms with Crippen LogP contribution in [0.1, 0.15) is 22.3 Å². The van der Waals surface area contributed by atoms with Gasteiger partial charge in [0.15, 0.2) is 0 Å². The summed E-state index contributed by atoms with van der Waals surface area (Å²) in [6.07, 6.45) is 0.898. The summed E-state index contributed by atoms with van der Waals surface area (Å²) in [4.78, 5) is 39.0. The van der Waals surface area contributed by atoms with Gasteiger partial charge in [-0.05, 0) is 48.4 Å². The van der Waals surface area contributed by atoms with Crippen LogP contribution < -0.4 is 10.1 Å². The lowest BCUT2D eigenvalue weighted by molar-refractivity contribution is -0.139. The van der Waals surface area contributed by atoms with Crippen molar-refractivity contribution in [1.29, 1.82) is 0 Å². The Morgan fingerprint density at radius 3 is 2.39 bits per heavy atom. The summed E-state index contributed by atoms with van der Waals surface area (Å²) in [7, 11) is 0. The number of carbonyl (C=O) groups is 3. The van der Waals surface area contributed by atoms with Crippen molar-refractivity contribution in [1.82, 2.24) is 4.90 Å². The zero-order valence-electron chi connectivity index (χ0n) is 17.9. The lowest BCUT2D eigenvalue weighted by atomic mass is 10.1. The van der Waals surface area contributed by atoms with Gasteiger partial charge in [0, 0.05) is 25.2 Å². The molecule has 1 aliphatic heterocycles. The number of esters is 1. The second kappa shape index (κ2) is 10.3. The molecule has 168 valence electrons. The van der Waals surface area contributed by atoms with E-state index >= 15 is 0 Å². The number of anilines is 1. The van der Waals surface area contributed by atoms with Crippen LogP contribution in [0.15, 0.2) is 78.9 Å². The Balaban J connectivity index is 1.29. The van der Waals surface area contributed by atoms with Crippen molar-refractivity contribution in [2.24, 2.45) is 5.92 Å². The number of halogens is 1. The summed E-state index contributed by atoms with van der Waals surface area (Å²) < 4.78 is 5.47. The molecule has 33 heavy (non-hydrogen) atoms. The van der Waals surface area contributed by atoms with Gasteiger partial charge >= 0.3 is 5.97 Å². The second-order valence-electron chi connectivity index (χ2n) is 7.86. The highest BCUT2D eigenvalue weighted by atomic mass is 35.5.